The van der Waals surface area contributed by atoms with Crippen LogP contribution in [0.25, 0.3) is 22.2 Å². The van der Waals surface area contributed by atoms with E-state index >= 15 is 0 Å². The summed E-state index contributed by atoms with van der Waals surface area (Å²) >= 11 is 9.57. The molecule has 0 radical (unpaired) electrons. The molecule has 7 heteroatoms. The smallest absolute Gasteiger partial charge is 0.282 e. The summed E-state index contributed by atoms with van der Waals surface area (Å²) in [6.07, 6.45) is 1.50. The van der Waals surface area contributed by atoms with Crippen molar-refractivity contribution < 1.29 is 4.42 Å². The average Bonchev–Trinajstić information content (AvgIpc) is 3.13. The number of nitrogens with zero attached hydrogens (tertiary/aromatic N) is 3. The van der Waals surface area contributed by atoms with Gasteiger partial charge in [0, 0.05) is 15.1 Å². The first kappa shape index (κ1) is 18.7. The molecule has 0 bridgehead atoms. The van der Waals surface area contributed by atoms with Crippen LogP contribution >= 0.6 is 27.5 Å². The van der Waals surface area contributed by atoms with E-state index in [-0.39, 0.29) is 5.56 Å². The number of hydrogen-bond acceptors (Lipinski definition) is 4. The summed E-state index contributed by atoms with van der Waals surface area (Å²) < 4.78 is 7.94. The molecule has 0 unspecified atom stereocenters. The molecule has 0 amide bonds. The number of fused-ring (bicyclic) bond motifs is 1. The van der Waals surface area contributed by atoms with Crippen molar-refractivity contribution in [1.82, 2.24) is 9.66 Å². The predicted octanol–water partition coefficient (Wildman–Crippen LogP) is 5.57. The summed E-state index contributed by atoms with van der Waals surface area (Å²) in [6, 6.07) is 14.7. The van der Waals surface area contributed by atoms with Gasteiger partial charge in [-0.1, -0.05) is 39.7 Å². The second-order valence-electron chi connectivity index (χ2n) is 6.30. The standard InChI is InChI=1S/C21H15BrClN3O2/c1-12-16(4-3-5-18(12)23)20-9-7-15(28-20)11-24-26-13(2)25-19-8-6-14(22)10-17(19)21(26)27/h3-11H,1-2H3. The molecule has 0 fully saturated rings. The van der Waals surface area contributed by atoms with Crippen molar-refractivity contribution in [2.75, 3.05) is 0 Å². The SMILES string of the molecule is Cc1c(Cl)cccc1-c1ccc(C=Nn2c(C)nc3ccc(Br)cc3c2=O)o1. The molecule has 0 spiro atoms. The summed E-state index contributed by atoms with van der Waals surface area (Å²) in [5.74, 6) is 1.70. The van der Waals surface area contributed by atoms with Crippen LogP contribution in [0, 0.1) is 13.8 Å². The van der Waals surface area contributed by atoms with Crippen LogP contribution in [-0.2, 0) is 0 Å². The molecular formula is C21H15BrClN3O2. The normalized spacial score (nSPS) is 11.6. The molecule has 140 valence electrons. The van der Waals surface area contributed by atoms with E-state index in [1.807, 2.05) is 37.3 Å². The average molecular weight is 457 g/mol. The summed E-state index contributed by atoms with van der Waals surface area (Å²) in [7, 11) is 0. The lowest BCUT2D eigenvalue weighted by atomic mass is 10.1. The van der Waals surface area contributed by atoms with Crippen LogP contribution in [0.5, 0.6) is 0 Å². The van der Waals surface area contributed by atoms with Gasteiger partial charge < -0.3 is 4.42 Å². The Kier molecular flexibility index (Phi) is 4.91. The van der Waals surface area contributed by atoms with Crippen LogP contribution in [0.1, 0.15) is 17.1 Å². The maximum Gasteiger partial charge on any atom is 0.282 e. The lowest BCUT2D eigenvalue weighted by Crippen LogP contribution is -2.20. The second kappa shape index (κ2) is 7.37. The van der Waals surface area contributed by atoms with Gasteiger partial charge in [0.1, 0.15) is 17.3 Å². The quantitative estimate of drug-likeness (QED) is 0.379. The first-order chi connectivity index (χ1) is 13.4. The molecule has 2 aromatic heterocycles. The van der Waals surface area contributed by atoms with Gasteiger partial charge >= 0.3 is 0 Å². The van der Waals surface area contributed by atoms with E-state index in [0.29, 0.717) is 33.3 Å². The Bertz CT molecular complexity index is 1290. The van der Waals surface area contributed by atoms with Crippen molar-refractivity contribution in [3.63, 3.8) is 0 Å². The highest BCUT2D eigenvalue weighted by Gasteiger charge is 2.10. The van der Waals surface area contributed by atoms with Crippen molar-refractivity contribution in [1.29, 1.82) is 0 Å². The number of furan rings is 1. The summed E-state index contributed by atoms with van der Waals surface area (Å²) in [4.78, 5) is 17.2. The van der Waals surface area contributed by atoms with Gasteiger partial charge in [0.2, 0.25) is 0 Å². The predicted molar refractivity (Wildman–Crippen MR) is 115 cm³/mol. The maximum absolute atomic E-state index is 12.8. The Labute approximate surface area is 174 Å². The minimum atomic E-state index is -0.238. The van der Waals surface area contributed by atoms with Gasteiger partial charge in [0.05, 0.1) is 17.1 Å². The second-order valence-corrected chi connectivity index (χ2v) is 7.62. The van der Waals surface area contributed by atoms with Crippen LogP contribution in [-0.4, -0.2) is 15.9 Å². The summed E-state index contributed by atoms with van der Waals surface area (Å²) in [5, 5.41) is 5.46. The van der Waals surface area contributed by atoms with E-state index in [0.717, 1.165) is 15.6 Å². The fourth-order valence-corrected chi connectivity index (χ4v) is 3.49. The largest absolute Gasteiger partial charge is 0.455 e. The van der Waals surface area contributed by atoms with Gasteiger partial charge in [-0.05, 0) is 55.8 Å². The molecule has 0 saturated carbocycles. The van der Waals surface area contributed by atoms with Gasteiger partial charge in [-0.3, -0.25) is 4.79 Å². The van der Waals surface area contributed by atoms with Crippen LogP contribution in [0.3, 0.4) is 0 Å². The minimum Gasteiger partial charge on any atom is -0.455 e. The highest BCUT2D eigenvalue weighted by atomic mass is 79.9. The van der Waals surface area contributed by atoms with Crippen LogP contribution < -0.4 is 5.56 Å². The molecule has 0 aliphatic carbocycles. The number of aromatic nitrogens is 2. The molecule has 0 aliphatic rings. The van der Waals surface area contributed by atoms with E-state index in [1.54, 1.807) is 25.1 Å². The van der Waals surface area contributed by atoms with Crippen molar-refractivity contribution in [3.05, 3.63) is 85.5 Å². The number of halogens is 2. The summed E-state index contributed by atoms with van der Waals surface area (Å²) in [6.45, 7) is 3.68. The lowest BCUT2D eigenvalue weighted by molar-refractivity contribution is 0.573. The van der Waals surface area contributed by atoms with Crippen molar-refractivity contribution >= 4 is 44.6 Å². The topological polar surface area (TPSA) is 60.4 Å². The molecule has 28 heavy (non-hydrogen) atoms. The molecule has 0 aliphatic heterocycles. The fourth-order valence-electron chi connectivity index (χ4n) is 2.95. The molecule has 0 atom stereocenters. The van der Waals surface area contributed by atoms with E-state index < -0.39 is 0 Å². The first-order valence-corrected chi connectivity index (χ1v) is 9.70. The van der Waals surface area contributed by atoms with E-state index in [4.69, 9.17) is 16.0 Å². The van der Waals surface area contributed by atoms with Crippen molar-refractivity contribution in [2.24, 2.45) is 5.10 Å². The molecule has 2 heterocycles. The van der Waals surface area contributed by atoms with E-state index in [9.17, 15) is 4.79 Å². The molecule has 0 saturated heterocycles. The number of benzene rings is 2. The Morgan fingerprint density at radius 3 is 2.82 bits per heavy atom. The Balaban J connectivity index is 1.72. The third-order valence-corrected chi connectivity index (χ3v) is 5.33. The van der Waals surface area contributed by atoms with Crippen LogP contribution in [0.2, 0.25) is 5.02 Å². The monoisotopic (exact) mass is 455 g/mol. The molecule has 4 aromatic rings. The minimum absolute atomic E-state index is 0.238. The molecule has 5 nitrogen and oxygen atoms in total. The van der Waals surface area contributed by atoms with Gasteiger partial charge in [0.15, 0.2) is 0 Å². The zero-order valence-corrected chi connectivity index (χ0v) is 17.5. The molecule has 4 rings (SSSR count). The highest BCUT2D eigenvalue weighted by molar-refractivity contribution is 9.10. The third kappa shape index (κ3) is 3.41. The van der Waals surface area contributed by atoms with Crippen molar-refractivity contribution in [3.8, 4) is 11.3 Å². The van der Waals surface area contributed by atoms with Gasteiger partial charge in [-0.2, -0.15) is 9.78 Å². The number of aryl methyl sites for hydroxylation is 1. The first-order valence-electron chi connectivity index (χ1n) is 8.52. The molecule has 2 aromatic carbocycles. The zero-order valence-electron chi connectivity index (χ0n) is 15.1. The van der Waals surface area contributed by atoms with Crippen LogP contribution in [0.4, 0.5) is 0 Å². The lowest BCUT2D eigenvalue weighted by Gasteiger charge is -2.05. The summed E-state index contributed by atoms with van der Waals surface area (Å²) in [5.41, 5.74) is 2.25. The molecule has 0 N–H and O–H groups in total. The number of hydrogen-bond donors (Lipinski definition) is 0. The Morgan fingerprint density at radius 2 is 2.00 bits per heavy atom. The van der Waals surface area contributed by atoms with Gasteiger partial charge in [-0.25, -0.2) is 4.98 Å². The highest BCUT2D eigenvalue weighted by Crippen LogP contribution is 2.29. The maximum atomic E-state index is 12.8. The van der Waals surface area contributed by atoms with Crippen LogP contribution in [0.15, 0.2) is 67.3 Å². The third-order valence-electron chi connectivity index (χ3n) is 4.43. The Morgan fingerprint density at radius 1 is 1.18 bits per heavy atom. The fraction of sp³-hybridized carbons (Fsp3) is 0.0952. The number of rotatable bonds is 3. The van der Waals surface area contributed by atoms with E-state index in [1.165, 1.54) is 10.9 Å². The van der Waals surface area contributed by atoms with Gasteiger partial charge in [0.25, 0.3) is 5.56 Å². The zero-order chi connectivity index (χ0) is 19.8. The van der Waals surface area contributed by atoms with E-state index in [2.05, 4.69) is 26.0 Å². The Hall–Kier alpha value is -2.70. The van der Waals surface area contributed by atoms with Gasteiger partial charge in [-0.15, -0.1) is 0 Å². The van der Waals surface area contributed by atoms with Crippen molar-refractivity contribution in [2.45, 2.75) is 13.8 Å². The molecular weight excluding hydrogens is 442 g/mol.